The zero-order valence-electron chi connectivity index (χ0n) is 48.0. The maximum absolute atomic E-state index is 14.1. The zero-order chi connectivity index (χ0) is 65.8. The van der Waals surface area contributed by atoms with E-state index in [1.807, 2.05) is 0 Å². The molecule has 0 aromatic carbocycles. The van der Waals surface area contributed by atoms with Crippen LogP contribution in [0.2, 0.25) is 0 Å². The number of hydrogen-bond acceptors (Lipinski definition) is 19. The highest BCUT2D eigenvalue weighted by atomic mass is 16.4. The van der Waals surface area contributed by atoms with Crippen LogP contribution in [0.4, 0.5) is 0 Å². The topological polar surface area (TPSA) is 605 Å². The van der Waals surface area contributed by atoms with Gasteiger partial charge in [0.15, 0.2) is 0 Å². The molecule has 0 spiro atoms. The van der Waals surface area contributed by atoms with Crippen molar-refractivity contribution in [3.8, 4) is 0 Å². The third-order valence-electron chi connectivity index (χ3n) is 15.1. The van der Waals surface area contributed by atoms with E-state index in [1.54, 1.807) is 0 Å². The first-order chi connectivity index (χ1) is 41.1. The predicted molar refractivity (Wildman–Crippen MR) is 291 cm³/mol. The third-order valence-corrected chi connectivity index (χ3v) is 15.1. The molecule has 482 valence electrons. The summed E-state index contributed by atoms with van der Waals surface area (Å²) in [4.78, 5) is 256. The lowest BCUT2D eigenvalue weighted by atomic mass is 9.86. The molecule has 5 saturated heterocycles. The maximum Gasteiger partial charge on any atom is 0.306 e. The van der Waals surface area contributed by atoms with Crippen molar-refractivity contribution in [2.45, 2.75) is 176 Å². The van der Waals surface area contributed by atoms with Crippen molar-refractivity contribution in [2.75, 3.05) is 19.6 Å². The molecule has 38 nitrogen and oxygen atoms in total. The molecular weight excluding hydrogens is 1170 g/mol. The van der Waals surface area contributed by atoms with Crippen molar-refractivity contribution in [2.24, 2.45) is 28.7 Å². The summed E-state index contributed by atoms with van der Waals surface area (Å²) in [6, 6.07) is -20.0. The van der Waals surface area contributed by atoms with Gasteiger partial charge in [0, 0.05) is 32.1 Å². The lowest BCUT2D eigenvalue weighted by Crippen LogP contribution is -2.69. The molecule has 0 aromatic heterocycles. The van der Waals surface area contributed by atoms with Crippen molar-refractivity contribution >= 4 is 112 Å². The molecule has 0 radical (unpaired) electrons. The molecule has 5 aliphatic heterocycles. The second-order valence-corrected chi connectivity index (χ2v) is 22.0. The monoisotopic (exact) mass is 1240 g/mol. The number of amides is 18. The van der Waals surface area contributed by atoms with Crippen molar-refractivity contribution in [1.29, 1.82) is 0 Å². The first kappa shape index (κ1) is 68.7. The van der Waals surface area contributed by atoms with E-state index in [1.165, 1.54) is 0 Å². The summed E-state index contributed by atoms with van der Waals surface area (Å²) in [6.07, 6.45) is -6.89. The molecule has 0 aromatic rings. The molecule has 18 amide bonds. The number of primary amides is 5. The van der Waals surface area contributed by atoms with E-state index < -0.39 is 248 Å². The first-order valence-electron chi connectivity index (χ1n) is 27.7. The quantitative estimate of drug-likeness (QED) is 0.0863. The van der Waals surface area contributed by atoms with E-state index in [2.05, 4.69) is 53.2 Å². The van der Waals surface area contributed by atoms with Crippen LogP contribution in [0.3, 0.4) is 0 Å². The summed E-state index contributed by atoms with van der Waals surface area (Å²) in [6.45, 7) is 2.41. The van der Waals surface area contributed by atoms with Crippen LogP contribution in [0.15, 0.2) is 0 Å². The SMILES string of the molecule is C[C@@H]1NC(=O)C(CC(N)=O)NC(=O)[C@@H]2CCCN2C(=O)C(CC(N)=O)NC(=O)[C@H](C)NC(=O)[C@H](CC(N)=O)NC(=O)C[C@@H]2NC(=O)[C@]3(CC(=O)O)C[C@@H](CN3C2=O)NC(=O)[C@H](C)NC(=O)[C@H](CC(N)=O)NC(=O)[C@@H]2CCCN2C(=O)C(CC(N)=O)NC1=O. The Morgan fingerprint density at radius 2 is 0.807 bits per heavy atom. The molecule has 3 bridgehead atoms. The Hall–Kier alpha value is -10.1. The largest absolute Gasteiger partial charge is 0.481 e. The van der Waals surface area contributed by atoms with Crippen LogP contribution in [0.25, 0.3) is 0 Å². The van der Waals surface area contributed by atoms with Crippen LogP contribution >= 0.6 is 0 Å². The van der Waals surface area contributed by atoms with E-state index in [4.69, 9.17) is 28.7 Å². The number of piperazine rings is 1. The van der Waals surface area contributed by atoms with Crippen LogP contribution in [-0.4, -0.2) is 230 Å². The van der Waals surface area contributed by atoms with Gasteiger partial charge in [-0.15, -0.1) is 0 Å². The van der Waals surface area contributed by atoms with Crippen LogP contribution in [0, 0.1) is 0 Å². The average Bonchev–Trinajstić information content (AvgIpc) is 2.68. The molecule has 5 rings (SSSR count). The summed E-state index contributed by atoms with van der Waals surface area (Å²) in [5, 5.41) is 32.8. The van der Waals surface area contributed by atoms with Gasteiger partial charge >= 0.3 is 5.97 Å². The minimum atomic E-state index is -2.17. The van der Waals surface area contributed by atoms with Gasteiger partial charge in [-0.25, -0.2) is 0 Å². The lowest BCUT2D eigenvalue weighted by Gasteiger charge is -2.42. The minimum absolute atomic E-state index is 0.0824. The molecule has 38 heteroatoms. The highest BCUT2D eigenvalue weighted by molar-refractivity contribution is 6.06. The van der Waals surface area contributed by atoms with E-state index >= 15 is 0 Å². The number of rotatable bonds is 12. The fourth-order valence-electron chi connectivity index (χ4n) is 10.8. The standard InChI is InChI=1S/C50H72N18O20/c1-19-38(77)59-22-16-50(17-37(75)76)49(88)65-28(48(87)68(50)18-22)15-36(74)60-23(10-31(51)69)41(80)57-20(2)39(78)63-26(13-34(54)72)46(85)67-9-5-7-30(67)45(84)62-25(12-33(53)71)43(82)58-21(3)40(79)64-27(14-35(55)73)47(86)66-8-4-6-29(66)44(83)61-24(11-32(52)70)42(81)56-19/h19-30H,4-18H2,1-3H3,(H2,51,69)(H2,52,70)(H2,53,71)(H2,54,72)(H2,55,73)(H,56,81)(H,57,80)(H,58,82)(H,59,77)(H,60,74)(H,61,83)(H,62,84)(H,63,78)(H,64,79)(H,65,88)(H,75,76)/t19-,20-,21-,22-,23-,24-,25?,26?,27?,28-,29-,30-,50+/m0/s1. The number of nitrogens with one attached hydrogen (secondary N) is 10. The van der Waals surface area contributed by atoms with Gasteiger partial charge in [0.25, 0.3) is 0 Å². The maximum atomic E-state index is 14.1. The van der Waals surface area contributed by atoms with Gasteiger partial charge in [-0.2, -0.15) is 0 Å². The molecule has 0 saturated carbocycles. The van der Waals surface area contributed by atoms with E-state index in [0.717, 1.165) is 35.5 Å². The Balaban J connectivity index is 1.48. The molecular formula is C50H72N18O20. The fourth-order valence-corrected chi connectivity index (χ4v) is 10.8. The normalized spacial score (nSPS) is 30.4. The number of carbonyl (C=O) groups is 19. The van der Waals surface area contributed by atoms with E-state index in [-0.39, 0.29) is 38.8 Å². The number of carboxylic acids is 1. The predicted octanol–water partition coefficient (Wildman–Crippen LogP) is -11.9. The number of hydrogen-bond donors (Lipinski definition) is 16. The summed E-state index contributed by atoms with van der Waals surface area (Å²) >= 11 is 0. The second-order valence-electron chi connectivity index (χ2n) is 22.0. The van der Waals surface area contributed by atoms with Gasteiger partial charge < -0.3 is 102 Å². The second kappa shape index (κ2) is 29.3. The molecule has 13 atom stereocenters. The van der Waals surface area contributed by atoms with Crippen molar-refractivity contribution in [3.05, 3.63) is 0 Å². The molecule has 5 aliphatic rings. The Bertz CT molecular complexity index is 2930. The Morgan fingerprint density at radius 3 is 1.18 bits per heavy atom. The molecule has 5 fully saturated rings. The fraction of sp³-hybridized carbons (Fsp3) is 0.620. The number of aliphatic carboxylic acids is 1. The van der Waals surface area contributed by atoms with Gasteiger partial charge in [0.2, 0.25) is 106 Å². The minimum Gasteiger partial charge on any atom is -0.481 e. The molecule has 88 heavy (non-hydrogen) atoms. The Morgan fingerprint density at radius 1 is 0.455 bits per heavy atom. The van der Waals surface area contributed by atoms with E-state index in [0.29, 0.717) is 0 Å². The number of nitrogens with zero attached hydrogens (tertiary/aromatic N) is 3. The van der Waals surface area contributed by atoms with Crippen LogP contribution in [0.1, 0.15) is 97.8 Å². The summed E-state index contributed by atoms with van der Waals surface area (Å²) < 4.78 is 0. The van der Waals surface area contributed by atoms with Crippen molar-refractivity contribution < 1.29 is 96.2 Å². The highest BCUT2D eigenvalue weighted by Crippen LogP contribution is 2.37. The summed E-state index contributed by atoms with van der Waals surface area (Å²) in [5.74, 6) is -21.8. The van der Waals surface area contributed by atoms with Gasteiger partial charge in [0.1, 0.15) is 72.0 Å². The molecule has 0 aliphatic carbocycles. The summed E-state index contributed by atoms with van der Waals surface area (Å²) in [7, 11) is 0. The van der Waals surface area contributed by atoms with Crippen molar-refractivity contribution in [3.63, 3.8) is 0 Å². The van der Waals surface area contributed by atoms with Gasteiger partial charge in [-0.3, -0.25) is 91.1 Å². The number of carboxylic acid groups (broad SMARTS) is 1. The third kappa shape index (κ3) is 17.5. The first-order valence-corrected chi connectivity index (χ1v) is 27.7. The molecule has 21 N–H and O–H groups in total. The molecule has 3 unspecified atom stereocenters. The van der Waals surface area contributed by atoms with Gasteiger partial charge in [0.05, 0.1) is 44.9 Å². The smallest absolute Gasteiger partial charge is 0.306 e. The van der Waals surface area contributed by atoms with Crippen LogP contribution in [-0.2, 0) is 91.1 Å². The van der Waals surface area contributed by atoms with Gasteiger partial charge in [-0.1, -0.05) is 0 Å². The van der Waals surface area contributed by atoms with E-state index in [9.17, 15) is 96.2 Å². The van der Waals surface area contributed by atoms with Crippen LogP contribution in [0.5, 0.6) is 0 Å². The Labute approximate surface area is 499 Å². The number of fused-ring (bicyclic) bond motifs is 4. The zero-order valence-corrected chi connectivity index (χ0v) is 48.0. The highest BCUT2D eigenvalue weighted by Gasteiger charge is 2.59. The Kier molecular flexibility index (Phi) is 22.9. The van der Waals surface area contributed by atoms with Crippen molar-refractivity contribution in [1.82, 2.24) is 67.9 Å². The number of nitrogens with two attached hydrogens (primary N) is 5. The average molecular weight is 1250 g/mol. The summed E-state index contributed by atoms with van der Waals surface area (Å²) in [5.41, 5.74) is 24.9. The van der Waals surface area contributed by atoms with Gasteiger partial charge in [-0.05, 0) is 46.5 Å². The molecule has 5 heterocycles. The lowest BCUT2D eigenvalue weighted by molar-refractivity contribution is -0.159. The van der Waals surface area contributed by atoms with Crippen LogP contribution < -0.4 is 81.8 Å². The number of carbonyl (C=O) groups excluding carboxylic acids is 18.